The molecule has 0 aliphatic carbocycles. The van der Waals surface area contributed by atoms with E-state index in [1.165, 1.54) is 161 Å². The summed E-state index contributed by atoms with van der Waals surface area (Å²) in [7, 11) is 0. The first-order valence-electron chi connectivity index (χ1n) is 33.2. The van der Waals surface area contributed by atoms with Crippen LogP contribution in [0.4, 0.5) is 0 Å². The molecule has 0 aromatic heterocycles. The van der Waals surface area contributed by atoms with Crippen molar-refractivity contribution >= 4 is 11.9 Å². The molecule has 0 spiro atoms. The number of aliphatic hydroxyl groups is 5. The molecule has 0 radical (unpaired) electrons. The summed E-state index contributed by atoms with van der Waals surface area (Å²) in [5.74, 6) is -1.21. The van der Waals surface area contributed by atoms with Gasteiger partial charge in [0.25, 0.3) is 0 Å². The molecule has 1 aliphatic rings. The standard InChI is InChI=1S/C69H123NO10/c1-4-7-10-13-16-19-22-25-27-29-30-31-32-33-34-35-37-39-42-45-48-51-54-57-64(74)80-67-66(76)65(75)63(58-71)79-69(67)78-59-60(61(72)55-52-49-46-43-40-24-21-18-15-12-9-6-3)70-68(77)62(73)56-53-50-47-44-41-38-36-28-26-23-20-17-14-11-8-5-2/h16-17,19-20,25-28,38,41,52,55,60-63,65-67,69,71-73,75-76H,4-15,18,21-24,29-37,39-40,42-51,53-54,56-59H2,1-3H3,(H,70,77)/b19-16-,20-17-,27-25-,28-26-,41-38-,55-52+. The summed E-state index contributed by atoms with van der Waals surface area (Å²) < 4.78 is 17.6. The van der Waals surface area contributed by atoms with Gasteiger partial charge in [0.2, 0.25) is 5.91 Å². The molecule has 0 aromatic carbocycles. The average molecular weight is 1130 g/mol. The van der Waals surface area contributed by atoms with Crippen LogP contribution in [0, 0.1) is 0 Å². The van der Waals surface area contributed by atoms with E-state index in [1.54, 1.807) is 6.08 Å². The van der Waals surface area contributed by atoms with E-state index in [1.807, 2.05) is 6.08 Å². The first kappa shape index (κ1) is 75.1. The predicted octanol–water partition coefficient (Wildman–Crippen LogP) is 16.3. The predicted molar refractivity (Wildman–Crippen MR) is 333 cm³/mol. The van der Waals surface area contributed by atoms with E-state index in [-0.39, 0.29) is 19.4 Å². The molecule has 1 fully saturated rings. The molecule has 8 unspecified atom stereocenters. The number of rotatable bonds is 56. The van der Waals surface area contributed by atoms with Gasteiger partial charge in [-0.2, -0.15) is 0 Å². The maximum absolute atomic E-state index is 13.4. The van der Waals surface area contributed by atoms with Gasteiger partial charge in [0.05, 0.1) is 25.4 Å². The largest absolute Gasteiger partial charge is 0.454 e. The zero-order chi connectivity index (χ0) is 58.2. The first-order valence-corrected chi connectivity index (χ1v) is 33.2. The van der Waals surface area contributed by atoms with Crippen LogP contribution in [0.15, 0.2) is 72.9 Å². The van der Waals surface area contributed by atoms with E-state index in [9.17, 15) is 35.1 Å². The summed E-state index contributed by atoms with van der Waals surface area (Å²) in [6.07, 6.45) is 62.2. The Balaban J connectivity index is 2.62. The summed E-state index contributed by atoms with van der Waals surface area (Å²) in [5.41, 5.74) is 0. The van der Waals surface area contributed by atoms with Crippen molar-refractivity contribution in [3.8, 4) is 0 Å². The fourth-order valence-electron chi connectivity index (χ4n) is 10.0. The van der Waals surface area contributed by atoms with Crippen LogP contribution in [0.25, 0.3) is 0 Å². The molecule has 1 amide bonds. The van der Waals surface area contributed by atoms with Crippen molar-refractivity contribution in [2.75, 3.05) is 13.2 Å². The lowest BCUT2D eigenvalue weighted by molar-refractivity contribution is -0.305. The van der Waals surface area contributed by atoms with Crippen LogP contribution in [-0.4, -0.2) is 99.6 Å². The lowest BCUT2D eigenvalue weighted by atomic mass is 9.99. The molecule has 1 heterocycles. The zero-order valence-corrected chi connectivity index (χ0v) is 51.4. The Labute approximate surface area is 490 Å². The molecule has 11 heteroatoms. The van der Waals surface area contributed by atoms with Gasteiger partial charge in [-0.3, -0.25) is 9.59 Å². The number of ether oxygens (including phenoxy) is 3. The maximum Gasteiger partial charge on any atom is 0.306 e. The molecule has 0 aromatic rings. The smallest absolute Gasteiger partial charge is 0.306 e. The van der Waals surface area contributed by atoms with Gasteiger partial charge in [0.15, 0.2) is 12.4 Å². The number of unbranched alkanes of at least 4 members (excludes halogenated alkanes) is 32. The number of carbonyl (C=O) groups is 2. The number of allylic oxidation sites excluding steroid dienone is 11. The molecule has 1 aliphatic heterocycles. The van der Waals surface area contributed by atoms with Crippen LogP contribution in [0.5, 0.6) is 0 Å². The molecule has 1 saturated heterocycles. The van der Waals surface area contributed by atoms with Crippen LogP contribution >= 0.6 is 0 Å². The molecular formula is C69H123NO10. The topological polar surface area (TPSA) is 175 Å². The number of aliphatic hydroxyl groups excluding tert-OH is 5. The van der Waals surface area contributed by atoms with E-state index in [0.29, 0.717) is 12.8 Å². The van der Waals surface area contributed by atoms with Crippen molar-refractivity contribution in [1.29, 1.82) is 0 Å². The highest BCUT2D eigenvalue weighted by Crippen LogP contribution is 2.26. The molecule has 0 bridgehead atoms. The third-order valence-electron chi connectivity index (χ3n) is 15.3. The maximum atomic E-state index is 13.4. The summed E-state index contributed by atoms with van der Waals surface area (Å²) >= 11 is 0. The minimum absolute atomic E-state index is 0.118. The third kappa shape index (κ3) is 43.7. The summed E-state index contributed by atoms with van der Waals surface area (Å²) in [4.78, 5) is 26.6. The second kappa shape index (κ2) is 56.6. The highest BCUT2D eigenvalue weighted by Gasteiger charge is 2.47. The van der Waals surface area contributed by atoms with Crippen LogP contribution in [-0.2, 0) is 23.8 Å². The van der Waals surface area contributed by atoms with Crippen molar-refractivity contribution in [2.45, 2.75) is 339 Å². The summed E-state index contributed by atoms with van der Waals surface area (Å²) in [6.45, 7) is 5.74. The zero-order valence-electron chi connectivity index (χ0n) is 51.4. The second-order valence-electron chi connectivity index (χ2n) is 22.8. The molecular weight excluding hydrogens is 1000 g/mol. The number of hydrogen-bond donors (Lipinski definition) is 6. The molecule has 6 N–H and O–H groups in total. The number of esters is 1. The average Bonchev–Trinajstić information content (AvgIpc) is 3.46. The summed E-state index contributed by atoms with van der Waals surface area (Å²) in [5, 5.41) is 57.1. The van der Waals surface area contributed by atoms with Crippen molar-refractivity contribution < 1.29 is 49.3 Å². The van der Waals surface area contributed by atoms with Crippen molar-refractivity contribution in [3.05, 3.63) is 72.9 Å². The Hall–Kier alpha value is -2.90. The van der Waals surface area contributed by atoms with Gasteiger partial charge in [-0.05, 0) is 96.3 Å². The number of carbonyl (C=O) groups excluding carboxylic acids is 2. The van der Waals surface area contributed by atoms with Gasteiger partial charge in [-0.25, -0.2) is 0 Å². The quantitative estimate of drug-likeness (QED) is 0.0195. The van der Waals surface area contributed by atoms with E-state index in [0.717, 1.165) is 83.5 Å². The van der Waals surface area contributed by atoms with Gasteiger partial charge in [-0.1, -0.05) is 261 Å². The van der Waals surface area contributed by atoms with Gasteiger partial charge >= 0.3 is 5.97 Å². The summed E-state index contributed by atoms with van der Waals surface area (Å²) in [6, 6.07) is -1.04. The molecule has 11 nitrogen and oxygen atoms in total. The van der Waals surface area contributed by atoms with Crippen molar-refractivity contribution in [1.82, 2.24) is 5.32 Å². The normalized spacial score (nSPS) is 19.2. The Kier molecular flexibility index (Phi) is 53.1. The van der Waals surface area contributed by atoms with Crippen molar-refractivity contribution in [3.63, 3.8) is 0 Å². The van der Waals surface area contributed by atoms with Gasteiger partial charge in [0.1, 0.15) is 24.4 Å². The lowest BCUT2D eigenvalue weighted by Gasteiger charge is -2.41. The van der Waals surface area contributed by atoms with Crippen LogP contribution < -0.4 is 5.32 Å². The van der Waals surface area contributed by atoms with E-state index in [2.05, 4.69) is 86.8 Å². The Morgan fingerprint density at radius 1 is 0.487 bits per heavy atom. The van der Waals surface area contributed by atoms with E-state index in [4.69, 9.17) is 14.2 Å². The fourth-order valence-corrected chi connectivity index (χ4v) is 10.0. The molecule has 80 heavy (non-hydrogen) atoms. The Morgan fingerprint density at radius 2 is 0.863 bits per heavy atom. The van der Waals surface area contributed by atoms with E-state index >= 15 is 0 Å². The molecule has 8 atom stereocenters. The molecule has 1 rings (SSSR count). The van der Waals surface area contributed by atoms with E-state index < -0.39 is 67.4 Å². The highest BCUT2D eigenvalue weighted by molar-refractivity contribution is 5.80. The van der Waals surface area contributed by atoms with Gasteiger partial charge < -0.3 is 45.1 Å². The fraction of sp³-hybridized carbons (Fsp3) is 0.797. The van der Waals surface area contributed by atoms with Crippen LogP contribution in [0.3, 0.4) is 0 Å². The molecule has 464 valence electrons. The van der Waals surface area contributed by atoms with Crippen LogP contribution in [0.1, 0.15) is 290 Å². The number of amides is 1. The SMILES string of the molecule is CCCCC/C=C\C/C=C\C/C=C\CCCCCC(O)C(=O)NC(COC1OC(CO)C(O)C(O)C1OC(=O)CCCCCCCCCCCCCCC/C=C\C/C=C\CCCCC)C(O)/C=C/CCCCCCCCCCCC. The Morgan fingerprint density at radius 3 is 1.31 bits per heavy atom. The number of hydrogen-bond acceptors (Lipinski definition) is 10. The third-order valence-corrected chi connectivity index (χ3v) is 15.3. The lowest BCUT2D eigenvalue weighted by Crippen LogP contribution is -2.61. The Bertz CT molecular complexity index is 1580. The minimum atomic E-state index is -1.62. The first-order chi connectivity index (χ1) is 39.2. The van der Waals surface area contributed by atoms with Gasteiger partial charge in [-0.15, -0.1) is 0 Å². The van der Waals surface area contributed by atoms with Crippen LogP contribution in [0.2, 0.25) is 0 Å². The molecule has 0 saturated carbocycles. The van der Waals surface area contributed by atoms with Gasteiger partial charge in [0, 0.05) is 6.42 Å². The van der Waals surface area contributed by atoms with Crippen molar-refractivity contribution in [2.24, 2.45) is 0 Å². The highest BCUT2D eigenvalue weighted by atomic mass is 16.7. The monoisotopic (exact) mass is 1130 g/mol. The second-order valence-corrected chi connectivity index (χ2v) is 22.8. The number of nitrogens with one attached hydrogen (secondary N) is 1. The minimum Gasteiger partial charge on any atom is -0.454 e.